The molecule has 0 saturated heterocycles. The van der Waals surface area contributed by atoms with E-state index in [1.54, 1.807) is 11.3 Å². The van der Waals surface area contributed by atoms with Crippen molar-refractivity contribution in [2.24, 2.45) is 5.73 Å². The number of nitrogens with two attached hydrogens (primary N) is 1. The zero-order chi connectivity index (χ0) is 8.27. The maximum atomic E-state index is 5.59. The van der Waals surface area contributed by atoms with E-state index >= 15 is 0 Å². The molecule has 1 heterocycles. The van der Waals surface area contributed by atoms with Crippen molar-refractivity contribution in [3.8, 4) is 0 Å². The van der Waals surface area contributed by atoms with Crippen LogP contribution < -0.4 is 5.73 Å². The summed E-state index contributed by atoms with van der Waals surface area (Å²) in [4.78, 5) is 5.57. The maximum Gasteiger partial charge on any atom is 0.0970 e. The average Bonchev–Trinajstić information content (AvgIpc) is 2.39. The molecule has 1 rings (SSSR count). The van der Waals surface area contributed by atoms with Crippen LogP contribution in [0.1, 0.15) is 29.1 Å². The molecule has 0 spiro atoms. The molecule has 1 aromatic rings. The second-order valence-corrected chi connectivity index (χ2v) is 3.92. The number of hydrogen-bond donors (Lipinski definition) is 1. The van der Waals surface area contributed by atoms with Gasteiger partial charge in [-0.1, -0.05) is 6.92 Å². The Bertz CT molecular complexity index is 216. The first-order chi connectivity index (χ1) is 5.27. The van der Waals surface area contributed by atoms with Gasteiger partial charge in [-0.05, 0) is 13.3 Å². The largest absolute Gasteiger partial charge is 0.330 e. The van der Waals surface area contributed by atoms with Gasteiger partial charge in [-0.3, -0.25) is 0 Å². The number of rotatable bonds is 3. The Labute approximate surface area is 71.5 Å². The summed E-state index contributed by atoms with van der Waals surface area (Å²) in [6.07, 6.45) is 3.00. The van der Waals surface area contributed by atoms with Gasteiger partial charge in [0.15, 0.2) is 0 Å². The van der Waals surface area contributed by atoms with E-state index in [9.17, 15) is 0 Å². The standard InChI is InChI=1S/C8H14N2S/c1-3-7(4-9)8-10-5-6(2)11-8/h5,7H,3-4,9H2,1-2H3. The zero-order valence-electron chi connectivity index (χ0n) is 7.00. The molecule has 1 aromatic heterocycles. The van der Waals surface area contributed by atoms with E-state index in [-0.39, 0.29) is 0 Å². The van der Waals surface area contributed by atoms with E-state index < -0.39 is 0 Å². The molecule has 0 bridgehead atoms. The van der Waals surface area contributed by atoms with Crippen LogP contribution >= 0.6 is 11.3 Å². The van der Waals surface area contributed by atoms with Crippen molar-refractivity contribution >= 4 is 11.3 Å². The van der Waals surface area contributed by atoms with Gasteiger partial charge in [-0.15, -0.1) is 11.3 Å². The van der Waals surface area contributed by atoms with E-state index in [1.165, 1.54) is 9.88 Å². The van der Waals surface area contributed by atoms with Gasteiger partial charge in [0, 0.05) is 23.5 Å². The van der Waals surface area contributed by atoms with E-state index in [4.69, 9.17) is 5.73 Å². The fourth-order valence-corrected chi connectivity index (χ4v) is 1.97. The van der Waals surface area contributed by atoms with Crippen LogP contribution in [-0.4, -0.2) is 11.5 Å². The highest BCUT2D eigenvalue weighted by Crippen LogP contribution is 2.22. The van der Waals surface area contributed by atoms with Crippen molar-refractivity contribution in [1.82, 2.24) is 4.98 Å². The van der Waals surface area contributed by atoms with Gasteiger partial charge in [0.2, 0.25) is 0 Å². The van der Waals surface area contributed by atoms with Crippen molar-refractivity contribution < 1.29 is 0 Å². The summed E-state index contributed by atoms with van der Waals surface area (Å²) < 4.78 is 0. The number of nitrogens with zero attached hydrogens (tertiary/aromatic N) is 1. The van der Waals surface area contributed by atoms with Gasteiger partial charge in [0.05, 0.1) is 5.01 Å². The normalized spacial score (nSPS) is 13.4. The molecule has 0 saturated carbocycles. The Balaban J connectivity index is 2.73. The molecule has 0 fully saturated rings. The number of hydrogen-bond acceptors (Lipinski definition) is 3. The van der Waals surface area contributed by atoms with Crippen LogP contribution in [0.5, 0.6) is 0 Å². The topological polar surface area (TPSA) is 38.9 Å². The first-order valence-electron chi connectivity index (χ1n) is 3.90. The van der Waals surface area contributed by atoms with E-state index in [1.807, 2.05) is 6.20 Å². The molecule has 1 atom stereocenters. The lowest BCUT2D eigenvalue weighted by Gasteiger charge is -2.06. The quantitative estimate of drug-likeness (QED) is 0.752. The van der Waals surface area contributed by atoms with Crippen molar-refractivity contribution in [3.05, 3.63) is 16.1 Å². The predicted molar refractivity (Wildman–Crippen MR) is 48.9 cm³/mol. The minimum Gasteiger partial charge on any atom is -0.330 e. The lowest BCUT2D eigenvalue weighted by atomic mass is 10.1. The third-order valence-corrected chi connectivity index (χ3v) is 2.84. The van der Waals surface area contributed by atoms with Crippen LogP contribution in [0.15, 0.2) is 6.20 Å². The molecule has 0 aliphatic heterocycles. The molecule has 0 aliphatic carbocycles. The average molecular weight is 170 g/mol. The Hall–Kier alpha value is -0.410. The lowest BCUT2D eigenvalue weighted by molar-refractivity contribution is 0.669. The smallest absolute Gasteiger partial charge is 0.0970 e. The molecular formula is C8H14N2S. The summed E-state index contributed by atoms with van der Waals surface area (Å²) in [5.74, 6) is 0.466. The lowest BCUT2D eigenvalue weighted by Crippen LogP contribution is -2.10. The van der Waals surface area contributed by atoms with E-state index in [0.717, 1.165) is 6.42 Å². The summed E-state index contributed by atoms with van der Waals surface area (Å²) in [5.41, 5.74) is 5.59. The molecule has 2 N–H and O–H groups in total. The highest BCUT2D eigenvalue weighted by atomic mass is 32.1. The molecule has 0 amide bonds. The third-order valence-electron chi connectivity index (χ3n) is 1.77. The molecule has 0 aliphatic rings. The molecular weight excluding hydrogens is 156 g/mol. The molecule has 0 radical (unpaired) electrons. The fourth-order valence-electron chi connectivity index (χ4n) is 1.00. The van der Waals surface area contributed by atoms with Crippen LogP contribution in [0.3, 0.4) is 0 Å². The monoisotopic (exact) mass is 170 g/mol. The molecule has 1 unspecified atom stereocenters. The molecule has 2 nitrogen and oxygen atoms in total. The van der Waals surface area contributed by atoms with E-state index in [2.05, 4.69) is 18.8 Å². The van der Waals surface area contributed by atoms with Gasteiger partial charge in [0.1, 0.15) is 0 Å². The van der Waals surface area contributed by atoms with Gasteiger partial charge in [-0.25, -0.2) is 4.98 Å². The highest BCUT2D eigenvalue weighted by Gasteiger charge is 2.09. The fraction of sp³-hybridized carbons (Fsp3) is 0.625. The molecule has 11 heavy (non-hydrogen) atoms. The van der Waals surface area contributed by atoms with Crippen LogP contribution in [-0.2, 0) is 0 Å². The highest BCUT2D eigenvalue weighted by molar-refractivity contribution is 7.11. The van der Waals surface area contributed by atoms with Crippen molar-refractivity contribution in [1.29, 1.82) is 0 Å². The number of thiazole rings is 1. The Kier molecular flexibility index (Phi) is 3.02. The van der Waals surface area contributed by atoms with Gasteiger partial charge >= 0.3 is 0 Å². The first-order valence-corrected chi connectivity index (χ1v) is 4.72. The summed E-state index contributed by atoms with van der Waals surface area (Å²) in [7, 11) is 0. The van der Waals surface area contributed by atoms with Crippen LogP contribution in [0.2, 0.25) is 0 Å². The maximum absolute atomic E-state index is 5.59. The second kappa shape index (κ2) is 3.83. The SMILES string of the molecule is CCC(CN)c1ncc(C)s1. The summed E-state index contributed by atoms with van der Waals surface area (Å²) in [6, 6.07) is 0. The van der Waals surface area contributed by atoms with Gasteiger partial charge in [0.25, 0.3) is 0 Å². The van der Waals surface area contributed by atoms with Crippen LogP contribution in [0, 0.1) is 6.92 Å². The Morgan fingerprint density at radius 2 is 2.45 bits per heavy atom. The summed E-state index contributed by atoms with van der Waals surface area (Å²) in [6.45, 7) is 4.93. The minimum absolute atomic E-state index is 0.466. The number of aryl methyl sites for hydroxylation is 1. The Morgan fingerprint density at radius 3 is 2.82 bits per heavy atom. The van der Waals surface area contributed by atoms with Gasteiger partial charge in [-0.2, -0.15) is 0 Å². The minimum atomic E-state index is 0.466. The zero-order valence-corrected chi connectivity index (χ0v) is 7.82. The molecule has 3 heteroatoms. The van der Waals surface area contributed by atoms with Crippen molar-refractivity contribution in [2.75, 3.05) is 6.54 Å². The van der Waals surface area contributed by atoms with Crippen LogP contribution in [0.25, 0.3) is 0 Å². The van der Waals surface area contributed by atoms with Crippen LogP contribution in [0.4, 0.5) is 0 Å². The third kappa shape index (κ3) is 2.01. The van der Waals surface area contributed by atoms with Crippen molar-refractivity contribution in [2.45, 2.75) is 26.2 Å². The number of aromatic nitrogens is 1. The van der Waals surface area contributed by atoms with Gasteiger partial charge < -0.3 is 5.73 Å². The van der Waals surface area contributed by atoms with E-state index in [0.29, 0.717) is 12.5 Å². The molecule has 0 aromatic carbocycles. The summed E-state index contributed by atoms with van der Waals surface area (Å²) in [5, 5.41) is 1.19. The Morgan fingerprint density at radius 1 is 1.73 bits per heavy atom. The van der Waals surface area contributed by atoms with Crippen molar-refractivity contribution in [3.63, 3.8) is 0 Å². The first kappa shape index (κ1) is 8.68. The second-order valence-electron chi connectivity index (χ2n) is 2.65. The molecule has 62 valence electrons. The predicted octanol–water partition coefficient (Wildman–Crippen LogP) is 1.90. The summed E-state index contributed by atoms with van der Waals surface area (Å²) >= 11 is 1.75.